The van der Waals surface area contributed by atoms with E-state index in [0.29, 0.717) is 5.56 Å². The molecule has 0 aliphatic carbocycles. The highest BCUT2D eigenvalue weighted by molar-refractivity contribution is 5.27. The van der Waals surface area contributed by atoms with Gasteiger partial charge in [-0.3, -0.25) is 0 Å². The van der Waals surface area contributed by atoms with Crippen molar-refractivity contribution in [1.29, 1.82) is 0 Å². The van der Waals surface area contributed by atoms with E-state index in [1.807, 2.05) is 0 Å². The molecule has 0 aromatic heterocycles. The Morgan fingerprint density at radius 1 is 1.27 bits per heavy atom. The zero-order valence-corrected chi connectivity index (χ0v) is 6.31. The number of hydrogen-bond acceptors (Lipinski definition) is 0. The molecule has 0 nitrogen and oxygen atoms in total. The maximum atomic E-state index is 7.57. The molecule has 0 bridgehead atoms. The molecule has 0 amide bonds. The lowest BCUT2D eigenvalue weighted by atomic mass is 9.86. The summed E-state index contributed by atoms with van der Waals surface area (Å²) in [5, 5.41) is 0. The first-order valence-electron chi connectivity index (χ1n) is 7.82. The van der Waals surface area contributed by atoms with Crippen molar-refractivity contribution in [2.45, 2.75) is 32.9 Å². The fraction of sp³-hybridized carbons (Fsp3) is 0.455. The van der Waals surface area contributed by atoms with Crippen LogP contribution in [0.2, 0.25) is 0 Å². The van der Waals surface area contributed by atoms with E-state index >= 15 is 0 Å². The Labute approximate surface area is 81.9 Å². The average Bonchev–Trinajstić information content (AvgIpc) is 2.10. The molecule has 0 heterocycles. The summed E-state index contributed by atoms with van der Waals surface area (Å²) < 4.78 is 68.1. The molecule has 0 aliphatic heterocycles. The van der Waals surface area contributed by atoms with E-state index < -0.39 is 26.0 Å². The Bertz CT molecular complexity index is 442. The molecule has 0 heteroatoms. The minimum Gasteiger partial charge on any atom is -0.0617 e. The van der Waals surface area contributed by atoms with Crippen molar-refractivity contribution in [3.8, 4) is 0 Å². The summed E-state index contributed by atoms with van der Waals surface area (Å²) in [7, 11) is 0. The van der Waals surface area contributed by atoms with Crippen molar-refractivity contribution in [3.05, 3.63) is 35.4 Å². The van der Waals surface area contributed by atoms with Gasteiger partial charge in [0.05, 0.1) is 0 Å². The number of benzene rings is 1. The maximum Gasteiger partial charge on any atom is 0.0239 e. The van der Waals surface area contributed by atoms with Crippen molar-refractivity contribution in [3.63, 3.8) is 0 Å². The second kappa shape index (κ2) is 2.69. The molecule has 0 radical (unpaired) electrons. The lowest BCUT2D eigenvalue weighted by molar-refractivity contribution is 0.590. The number of aryl methyl sites for hydroxylation is 1. The first-order valence-corrected chi connectivity index (χ1v) is 3.32. The molecule has 0 saturated heterocycles. The predicted molar refractivity (Wildman–Crippen MR) is 49.9 cm³/mol. The van der Waals surface area contributed by atoms with Gasteiger partial charge in [0.25, 0.3) is 0 Å². The topological polar surface area (TPSA) is 0 Å². The molecule has 0 spiro atoms. The van der Waals surface area contributed by atoms with E-state index in [2.05, 4.69) is 0 Å². The number of rotatable bonds is 0. The summed E-state index contributed by atoms with van der Waals surface area (Å²) in [4.78, 5) is 0. The van der Waals surface area contributed by atoms with Crippen molar-refractivity contribution in [1.82, 2.24) is 0 Å². The van der Waals surface area contributed by atoms with Crippen LogP contribution < -0.4 is 0 Å². The van der Waals surface area contributed by atoms with E-state index in [1.165, 1.54) is 18.2 Å². The minimum absolute atomic E-state index is 0.211. The lowest BCUT2D eigenvalue weighted by Gasteiger charge is -2.19. The van der Waals surface area contributed by atoms with Crippen LogP contribution in [0.5, 0.6) is 0 Å². The van der Waals surface area contributed by atoms with E-state index in [4.69, 9.17) is 12.3 Å². The standard InChI is InChI=1S/C11H16/c1-9-6-5-7-10(8-9)11(2,3)4/h5-8H,1-4H3/i2D3,3D3,4D3. The fourth-order valence-corrected chi connectivity index (χ4v) is 0.878. The normalized spacial score (nSPS) is 27.2. The molecule has 0 atom stereocenters. The highest BCUT2D eigenvalue weighted by atomic mass is 14.2. The molecule has 0 fully saturated rings. The van der Waals surface area contributed by atoms with E-state index in [-0.39, 0.29) is 5.56 Å². The van der Waals surface area contributed by atoms with Crippen molar-refractivity contribution in [2.24, 2.45) is 0 Å². The van der Waals surface area contributed by atoms with Crippen molar-refractivity contribution < 1.29 is 12.3 Å². The molecule has 11 heavy (non-hydrogen) atoms. The van der Waals surface area contributed by atoms with E-state index in [9.17, 15) is 0 Å². The molecular weight excluding hydrogens is 132 g/mol. The first-order chi connectivity index (χ1) is 8.75. The minimum atomic E-state index is -3.20. The molecule has 0 unspecified atom stereocenters. The molecule has 1 rings (SSSR count). The van der Waals surface area contributed by atoms with Gasteiger partial charge < -0.3 is 0 Å². The quantitative estimate of drug-likeness (QED) is 0.542. The van der Waals surface area contributed by atoms with Gasteiger partial charge in [-0.05, 0) is 17.9 Å². The SMILES string of the molecule is [2H]C([2H])([2H])C(c1cccc(C)c1)(C([2H])([2H])[2H])C([2H])([2H])[2H]. The third-order valence-electron chi connectivity index (χ3n) is 1.45. The van der Waals surface area contributed by atoms with Crippen LogP contribution in [-0.2, 0) is 5.41 Å². The maximum absolute atomic E-state index is 7.57. The highest BCUT2D eigenvalue weighted by Crippen LogP contribution is 2.22. The summed E-state index contributed by atoms with van der Waals surface area (Å²) in [6.45, 7) is -7.95. The zero-order valence-electron chi connectivity index (χ0n) is 15.3. The Morgan fingerprint density at radius 2 is 2.00 bits per heavy atom. The predicted octanol–water partition coefficient (Wildman–Crippen LogP) is 3.29. The Hall–Kier alpha value is -0.780. The van der Waals surface area contributed by atoms with Gasteiger partial charge in [-0.2, -0.15) is 0 Å². The van der Waals surface area contributed by atoms with Gasteiger partial charge in [0.2, 0.25) is 0 Å². The summed E-state index contributed by atoms with van der Waals surface area (Å²) in [6, 6.07) is 5.67. The fourth-order valence-electron chi connectivity index (χ4n) is 0.878. The van der Waals surface area contributed by atoms with Crippen LogP contribution in [0.1, 0.15) is 44.0 Å². The second-order valence-corrected chi connectivity index (χ2v) is 2.62. The average molecular weight is 157 g/mol. The van der Waals surface area contributed by atoms with Crippen LogP contribution in [-0.4, -0.2) is 0 Å². The van der Waals surface area contributed by atoms with Gasteiger partial charge in [-0.25, -0.2) is 0 Å². The molecule has 0 N–H and O–H groups in total. The molecule has 1 aromatic rings. The van der Waals surface area contributed by atoms with Gasteiger partial charge in [0.1, 0.15) is 0 Å². The Kier molecular flexibility index (Phi) is 0.575. The third-order valence-corrected chi connectivity index (χ3v) is 1.45. The summed E-state index contributed by atoms with van der Waals surface area (Å²) >= 11 is 0. The van der Waals surface area contributed by atoms with Crippen LogP contribution in [0.25, 0.3) is 0 Å². The van der Waals surface area contributed by atoms with Crippen LogP contribution in [0.15, 0.2) is 24.3 Å². The Balaban J connectivity index is 3.82. The van der Waals surface area contributed by atoms with Gasteiger partial charge >= 0.3 is 0 Å². The van der Waals surface area contributed by atoms with Crippen LogP contribution in [0, 0.1) is 6.92 Å². The molecule has 0 saturated carbocycles. The van der Waals surface area contributed by atoms with Crippen molar-refractivity contribution >= 4 is 0 Å². The van der Waals surface area contributed by atoms with Crippen LogP contribution in [0.3, 0.4) is 0 Å². The van der Waals surface area contributed by atoms with Crippen LogP contribution in [0.4, 0.5) is 0 Å². The second-order valence-electron chi connectivity index (χ2n) is 2.62. The van der Waals surface area contributed by atoms with E-state index in [1.54, 1.807) is 13.0 Å². The summed E-state index contributed by atoms with van der Waals surface area (Å²) in [6.07, 6.45) is 0. The third kappa shape index (κ3) is 2.07. The monoisotopic (exact) mass is 157 g/mol. The van der Waals surface area contributed by atoms with Gasteiger partial charge in [-0.15, -0.1) is 0 Å². The number of hydrogen-bond donors (Lipinski definition) is 0. The van der Waals surface area contributed by atoms with Crippen LogP contribution >= 0.6 is 0 Å². The smallest absolute Gasteiger partial charge is 0.0239 e. The Morgan fingerprint density at radius 3 is 2.55 bits per heavy atom. The summed E-state index contributed by atoms with van der Waals surface area (Å²) in [5.74, 6) is 0. The summed E-state index contributed by atoms with van der Waals surface area (Å²) in [5.41, 5.74) is -2.51. The molecule has 1 aromatic carbocycles. The largest absolute Gasteiger partial charge is 0.0617 e. The highest BCUT2D eigenvalue weighted by Gasteiger charge is 2.12. The zero-order chi connectivity index (χ0) is 16.0. The molecule has 0 aliphatic rings. The van der Waals surface area contributed by atoms with Crippen molar-refractivity contribution in [2.75, 3.05) is 0 Å². The van der Waals surface area contributed by atoms with Gasteiger partial charge in [-0.1, -0.05) is 50.4 Å². The van der Waals surface area contributed by atoms with Gasteiger partial charge in [0, 0.05) is 12.3 Å². The van der Waals surface area contributed by atoms with Gasteiger partial charge in [0.15, 0.2) is 0 Å². The molecule has 60 valence electrons. The molecular formula is C11H16. The van der Waals surface area contributed by atoms with E-state index in [0.717, 1.165) is 0 Å². The first kappa shape index (κ1) is 2.35. The lowest BCUT2D eigenvalue weighted by Crippen LogP contribution is -2.10.